The number of aliphatic hydroxyl groups is 1. The van der Waals surface area contributed by atoms with E-state index in [1.165, 1.54) is 25.3 Å². The second-order valence-electron chi connectivity index (χ2n) is 9.38. The molecule has 0 amide bonds. The van der Waals surface area contributed by atoms with Gasteiger partial charge in [0.1, 0.15) is 5.75 Å². The number of fused-ring (bicyclic) bond motifs is 1. The van der Waals surface area contributed by atoms with E-state index >= 15 is 0 Å². The normalized spacial score (nSPS) is 36.2. The zero-order valence-electron chi connectivity index (χ0n) is 17.1. The predicted molar refractivity (Wildman–Crippen MR) is 106 cm³/mol. The van der Waals surface area contributed by atoms with Gasteiger partial charge >= 0.3 is 5.97 Å². The van der Waals surface area contributed by atoms with Crippen LogP contribution in [0.25, 0.3) is 0 Å². The van der Waals surface area contributed by atoms with Crippen LogP contribution in [0.4, 0.5) is 0 Å². The number of esters is 1. The summed E-state index contributed by atoms with van der Waals surface area (Å²) in [6.07, 6.45) is 3.58. The van der Waals surface area contributed by atoms with Crippen LogP contribution in [0.1, 0.15) is 50.2 Å². The Hall–Kier alpha value is -1.92. The standard InChI is InChI=1S/C23H29NO5/c1-14(25)29-20-12-22-7-8-24(13-15-3-4-15)21(23(22,27)11-19(20)26)9-16-5-6-17(28-2)10-18(16)22/h5-6,10,15,20-21,27H,3-4,7-9,11-13H2,1-2H3/t20?,21-,22-,23-/m1/s1. The molecular weight excluding hydrogens is 370 g/mol. The van der Waals surface area contributed by atoms with Gasteiger partial charge in [0.2, 0.25) is 0 Å². The van der Waals surface area contributed by atoms with E-state index in [1.807, 2.05) is 12.1 Å². The van der Waals surface area contributed by atoms with Crippen molar-refractivity contribution in [3.63, 3.8) is 0 Å². The Kier molecular flexibility index (Phi) is 4.30. The van der Waals surface area contributed by atoms with Gasteiger partial charge in [-0.25, -0.2) is 0 Å². The van der Waals surface area contributed by atoms with Gasteiger partial charge in [0, 0.05) is 37.8 Å². The number of piperidine rings is 1. The van der Waals surface area contributed by atoms with Crippen molar-refractivity contribution in [2.24, 2.45) is 5.92 Å². The number of methoxy groups -OCH3 is 1. The molecule has 1 aliphatic heterocycles. The lowest BCUT2D eigenvalue weighted by atomic mass is 9.49. The maximum Gasteiger partial charge on any atom is 0.303 e. The van der Waals surface area contributed by atoms with E-state index in [4.69, 9.17) is 9.47 Å². The van der Waals surface area contributed by atoms with E-state index in [0.29, 0.717) is 6.42 Å². The lowest BCUT2D eigenvalue weighted by molar-refractivity contribution is -0.193. The molecule has 5 rings (SSSR count). The molecule has 3 fully saturated rings. The van der Waals surface area contributed by atoms with Crippen LogP contribution in [0.3, 0.4) is 0 Å². The number of hydrogen-bond acceptors (Lipinski definition) is 6. The lowest BCUT2D eigenvalue weighted by Gasteiger charge is -2.64. The van der Waals surface area contributed by atoms with E-state index in [9.17, 15) is 14.7 Å². The highest BCUT2D eigenvalue weighted by Crippen LogP contribution is 2.58. The Balaban J connectivity index is 1.62. The smallest absolute Gasteiger partial charge is 0.303 e. The molecule has 2 saturated carbocycles. The van der Waals surface area contributed by atoms with Gasteiger partial charge in [0.05, 0.1) is 12.7 Å². The summed E-state index contributed by atoms with van der Waals surface area (Å²) >= 11 is 0. The van der Waals surface area contributed by atoms with Gasteiger partial charge in [-0.3, -0.25) is 14.5 Å². The number of Topliss-reactive ketones (excluding diaryl/α,β-unsaturated/α-hetero) is 1. The monoisotopic (exact) mass is 399 g/mol. The van der Waals surface area contributed by atoms with Crippen LogP contribution in [0.15, 0.2) is 18.2 Å². The quantitative estimate of drug-likeness (QED) is 0.781. The van der Waals surface area contributed by atoms with Crippen molar-refractivity contribution in [3.05, 3.63) is 29.3 Å². The van der Waals surface area contributed by atoms with Crippen LogP contribution in [0, 0.1) is 5.92 Å². The van der Waals surface area contributed by atoms with Crippen LogP contribution in [0.2, 0.25) is 0 Å². The molecule has 1 saturated heterocycles. The fraction of sp³-hybridized carbons (Fsp3) is 0.652. The number of ether oxygens (including phenoxy) is 2. The number of carbonyl (C=O) groups excluding carboxylic acids is 2. The minimum Gasteiger partial charge on any atom is -0.497 e. The zero-order valence-corrected chi connectivity index (χ0v) is 17.1. The number of benzene rings is 1. The first kappa shape index (κ1) is 19.1. The molecule has 0 spiro atoms. The first-order chi connectivity index (χ1) is 13.9. The van der Waals surface area contributed by atoms with Crippen molar-refractivity contribution in [1.82, 2.24) is 4.90 Å². The molecule has 4 aliphatic rings. The first-order valence-corrected chi connectivity index (χ1v) is 10.7. The number of carbonyl (C=O) groups is 2. The molecule has 156 valence electrons. The Bertz CT molecular complexity index is 865. The zero-order chi connectivity index (χ0) is 20.4. The highest BCUT2D eigenvalue weighted by molar-refractivity contribution is 5.88. The summed E-state index contributed by atoms with van der Waals surface area (Å²) < 4.78 is 10.9. The summed E-state index contributed by atoms with van der Waals surface area (Å²) in [5.41, 5.74) is 0.518. The maximum absolute atomic E-state index is 12.9. The van der Waals surface area contributed by atoms with Gasteiger partial charge in [-0.1, -0.05) is 6.07 Å². The van der Waals surface area contributed by atoms with E-state index in [-0.39, 0.29) is 18.2 Å². The number of nitrogens with zero attached hydrogens (tertiary/aromatic N) is 1. The molecule has 0 radical (unpaired) electrons. The summed E-state index contributed by atoms with van der Waals surface area (Å²) in [5.74, 6) is 0.856. The number of likely N-dealkylation sites (tertiary alicyclic amines) is 1. The molecule has 1 unspecified atom stereocenters. The summed E-state index contributed by atoms with van der Waals surface area (Å²) in [5, 5.41) is 12.2. The SMILES string of the molecule is COc1ccc2c(c1)[C@]13CCN(CC4CC4)[C@H](C2)[C@]1(O)CC(=O)C(OC(C)=O)C3. The third kappa shape index (κ3) is 2.83. The van der Waals surface area contributed by atoms with Crippen LogP contribution in [-0.2, 0) is 26.2 Å². The number of hydrogen-bond donors (Lipinski definition) is 1. The molecule has 1 heterocycles. The van der Waals surface area contributed by atoms with Gasteiger partial charge < -0.3 is 14.6 Å². The minimum atomic E-state index is -1.15. The highest BCUT2D eigenvalue weighted by Gasteiger charge is 2.67. The van der Waals surface area contributed by atoms with Crippen molar-refractivity contribution < 1.29 is 24.2 Å². The second kappa shape index (κ2) is 6.54. The fourth-order valence-electron chi connectivity index (χ4n) is 6.15. The molecular formula is C23H29NO5. The van der Waals surface area contributed by atoms with Crippen molar-refractivity contribution in [3.8, 4) is 5.75 Å². The summed E-state index contributed by atoms with van der Waals surface area (Å²) in [4.78, 5) is 27.0. The average Bonchev–Trinajstić information content (AvgIpc) is 3.48. The topological polar surface area (TPSA) is 76.1 Å². The van der Waals surface area contributed by atoms with E-state index < -0.39 is 23.1 Å². The fourth-order valence-corrected chi connectivity index (χ4v) is 6.15. The van der Waals surface area contributed by atoms with Gasteiger partial charge in [-0.2, -0.15) is 0 Å². The summed E-state index contributed by atoms with van der Waals surface area (Å²) in [6.45, 7) is 3.22. The van der Waals surface area contributed by atoms with Gasteiger partial charge in [0.15, 0.2) is 11.9 Å². The van der Waals surface area contributed by atoms with Crippen molar-refractivity contribution >= 4 is 11.8 Å². The van der Waals surface area contributed by atoms with Crippen LogP contribution in [0.5, 0.6) is 5.75 Å². The third-order valence-electron chi connectivity index (χ3n) is 7.73. The Labute approximate surface area is 171 Å². The molecule has 4 atom stereocenters. The molecule has 6 heteroatoms. The Morgan fingerprint density at radius 3 is 2.83 bits per heavy atom. The Morgan fingerprint density at radius 1 is 1.34 bits per heavy atom. The second-order valence-corrected chi connectivity index (χ2v) is 9.38. The average molecular weight is 399 g/mol. The van der Waals surface area contributed by atoms with Crippen molar-refractivity contribution in [2.45, 2.75) is 68.6 Å². The largest absolute Gasteiger partial charge is 0.497 e. The third-order valence-corrected chi connectivity index (χ3v) is 7.73. The van der Waals surface area contributed by atoms with Crippen LogP contribution < -0.4 is 4.74 Å². The lowest BCUT2D eigenvalue weighted by Crippen LogP contribution is -2.75. The van der Waals surface area contributed by atoms with Crippen LogP contribution in [-0.4, -0.2) is 59.7 Å². The molecule has 6 nitrogen and oxygen atoms in total. The van der Waals surface area contributed by atoms with Gasteiger partial charge in [-0.15, -0.1) is 0 Å². The van der Waals surface area contributed by atoms with Crippen LogP contribution >= 0.6 is 0 Å². The number of rotatable bonds is 4. The summed E-state index contributed by atoms with van der Waals surface area (Å²) in [6, 6.07) is 6.01. The van der Waals surface area contributed by atoms with Crippen molar-refractivity contribution in [1.29, 1.82) is 0 Å². The first-order valence-electron chi connectivity index (χ1n) is 10.7. The Morgan fingerprint density at radius 2 is 2.14 bits per heavy atom. The number of ketones is 1. The molecule has 1 aromatic rings. The summed E-state index contributed by atoms with van der Waals surface area (Å²) in [7, 11) is 1.64. The predicted octanol–water partition coefficient (Wildman–Crippen LogP) is 2.00. The molecule has 1 aromatic carbocycles. The molecule has 3 aliphatic carbocycles. The van der Waals surface area contributed by atoms with Crippen molar-refractivity contribution in [2.75, 3.05) is 20.2 Å². The van der Waals surface area contributed by atoms with Gasteiger partial charge in [-0.05, 0) is 61.4 Å². The molecule has 0 aromatic heterocycles. The highest BCUT2D eigenvalue weighted by atomic mass is 16.5. The molecule has 29 heavy (non-hydrogen) atoms. The maximum atomic E-state index is 12.9. The van der Waals surface area contributed by atoms with E-state index in [0.717, 1.165) is 43.2 Å². The van der Waals surface area contributed by atoms with E-state index in [1.54, 1.807) is 7.11 Å². The minimum absolute atomic E-state index is 0.0351. The molecule has 1 N–H and O–H groups in total. The molecule has 2 bridgehead atoms. The van der Waals surface area contributed by atoms with Gasteiger partial charge in [0.25, 0.3) is 0 Å². The van der Waals surface area contributed by atoms with E-state index in [2.05, 4.69) is 11.0 Å².